The van der Waals surface area contributed by atoms with Gasteiger partial charge in [-0.25, -0.2) is 0 Å². The molecule has 1 fully saturated rings. The second-order valence-electron chi connectivity index (χ2n) is 17.2. The SMILES string of the molecule is CC(C)(C)C1=CC2=C(C1)C(C1CCCCC1)CC2(C)C1c2ccc(C(C)(C)C)cc2-c2cc(C(C)(C)C)ccc21.[Cl-].[Cl-].[Zr+2]. The zero-order valence-electron chi connectivity index (χ0n) is 28.5. The van der Waals surface area contributed by atoms with Gasteiger partial charge in [-0.05, 0) is 92.7 Å². The molecule has 0 radical (unpaired) electrons. The second-order valence-corrected chi connectivity index (χ2v) is 17.2. The van der Waals surface area contributed by atoms with Crippen LogP contribution in [0.3, 0.4) is 0 Å². The van der Waals surface area contributed by atoms with E-state index in [0.29, 0.717) is 5.92 Å². The van der Waals surface area contributed by atoms with E-state index in [4.69, 9.17) is 0 Å². The molecule has 0 heterocycles. The second kappa shape index (κ2) is 12.5. The molecule has 0 saturated heterocycles. The van der Waals surface area contributed by atoms with Gasteiger partial charge in [0.25, 0.3) is 0 Å². The first-order valence-electron chi connectivity index (χ1n) is 16.3. The zero-order chi connectivity index (χ0) is 28.8. The van der Waals surface area contributed by atoms with Gasteiger partial charge in [-0.15, -0.1) is 0 Å². The Kier molecular flexibility index (Phi) is 10.7. The molecule has 2 unspecified atom stereocenters. The number of fused-ring (bicyclic) bond motifs is 3. The van der Waals surface area contributed by atoms with Gasteiger partial charge in [0.1, 0.15) is 0 Å². The molecule has 3 heteroatoms. The molecule has 2 aromatic rings. The van der Waals surface area contributed by atoms with Crippen LogP contribution in [-0.2, 0) is 37.0 Å². The van der Waals surface area contributed by atoms with Gasteiger partial charge < -0.3 is 24.8 Å². The van der Waals surface area contributed by atoms with E-state index >= 15 is 0 Å². The van der Waals surface area contributed by atoms with Crippen molar-refractivity contribution in [2.75, 3.05) is 0 Å². The normalized spacial score (nSPS) is 24.0. The molecule has 2 aromatic carbocycles. The molecule has 4 aliphatic carbocycles. The van der Waals surface area contributed by atoms with Crippen LogP contribution in [0.25, 0.3) is 11.1 Å². The van der Waals surface area contributed by atoms with E-state index in [9.17, 15) is 0 Å². The summed E-state index contributed by atoms with van der Waals surface area (Å²) in [5, 5.41) is 0. The maximum Gasteiger partial charge on any atom is 2.00 e. The minimum Gasteiger partial charge on any atom is -1.00 e. The van der Waals surface area contributed by atoms with Crippen molar-refractivity contribution in [1.29, 1.82) is 0 Å². The molecule has 0 amide bonds. The molecule has 0 spiro atoms. The minimum absolute atomic E-state index is 0. The summed E-state index contributed by atoms with van der Waals surface area (Å²) >= 11 is 0. The average Bonchev–Trinajstić information content (AvgIpc) is 3.53. The molecule has 4 aliphatic rings. The number of benzene rings is 2. The summed E-state index contributed by atoms with van der Waals surface area (Å²) in [6.07, 6.45) is 12.4. The molecule has 0 nitrogen and oxygen atoms in total. The van der Waals surface area contributed by atoms with Gasteiger partial charge in [0.15, 0.2) is 0 Å². The van der Waals surface area contributed by atoms with Crippen molar-refractivity contribution in [2.45, 2.75) is 131 Å². The Morgan fingerprint density at radius 3 is 1.60 bits per heavy atom. The first kappa shape index (κ1) is 36.8. The Bertz CT molecular complexity index is 1340. The quantitative estimate of drug-likeness (QED) is 0.380. The van der Waals surface area contributed by atoms with E-state index in [0.717, 1.165) is 11.8 Å². The first-order valence-corrected chi connectivity index (χ1v) is 16.3. The Morgan fingerprint density at radius 1 is 0.674 bits per heavy atom. The summed E-state index contributed by atoms with van der Waals surface area (Å²) in [5.41, 5.74) is 14.9. The Hall–Kier alpha value is -0.617. The summed E-state index contributed by atoms with van der Waals surface area (Å²) in [7, 11) is 0. The van der Waals surface area contributed by atoms with Gasteiger partial charge in [-0.3, -0.25) is 0 Å². The van der Waals surface area contributed by atoms with Crippen molar-refractivity contribution in [3.05, 3.63) is 81.4 Å². The van der Waals surface area contributed by atoms with Crippen LogP contribution < -0.4 is 24.8 Å². The topological polar surface area (TPSA) is 0 Å². The summed E-state index contributed by atoms with van der Waals surface area (Å²) in [6, 6.07) is 15.1. The monoisotopic (exact) mass is 694 g/mol. The number of hydrogen-bond acceptors (Lipinski definition) is 0. The molecule has 43 heavy (non-hydrogen) atoms. The van der Waals surface area contributed by atoms with E-state index < -0.39 is 0 Å². The Labute approximate surface area is 295 Å². The molecule has 2 atom stereocenters. The zero-order valence-corrected chi connectivity index (χ0v) is 32.4. The van der Waals surface area contributed by atoms with E-state index in [-0.39, 0.29) is 72.7 Å². The molecule has 232 valence electrons. The predicted octanol–water partition coefficient (Wildman–Crippen LogP) is 5.68. The molecular weight excluding hydrogens is 643 g/mol. The molecule has 6 rings (SSSR count). The average molecular weight is 697 g/mol. The van der Waals surface area contributed by atoms with Gasteiger partial charge in [-0.1, -0.05) is 142 Å². The van der Waals surface area contributed by atoms with Crippen LogP contribution in [0.5, 0.6) is 0 Å². The van der Waals surface area contributed by atoms with Crippen molar-refractivity contribution in [3.8, 4) is 11.1 Å². The van der Waals surface area contributed by atoms with E-state index in [1.54, 1.807) is 22.3 Å². The third-order valence-corrected chi connectivity index (χ3v) is 11.3. The number of hydrogen-bond donors (Lipinski definition) is 0. The van der Waals surface area contributed by atoms with E-state index in [2.05, 4.69) is 112 Å². The molecule has 0 aromatic heterocycles. The number of allylic oxidation sites excluding steroid dienone is 4. The van der Waals surface area contributed by atoms with Gasteiger partial charge in [0.05, 0.1) is 0 Å². The fraction of sp³-hybridized carbons (Fsp3) is 0.600. The van der Waals surface area contributed by atoms with Crippen molar-refractivity contribution in [1.82, 2.24) is 0 Å². The van der Waals surface area contributed by atoms with Gasteiger partial charge in [0.2, 0.25) is 0 Å². The standard InChI is InChI=1S/C40H54.2ClH.Zr/c1-37(2,3)26-16-18-29-31(20-26)32-21-27(38(4,5)6)17-19-30(32)36(29)40(10)24-34(25-14-12-11-13-15-25)33-22-28(23-35(33)40)39(7,8)9;;;/h16-21,23,25,34,36H,11-15,22,24H2,1-10H3;2*1H;/q;;;+2/p-2. The molecule has 1 saturated carbocycles. The minimum atomic E-state index is 0. The Morgan fingerprint density at radius 2 is 1.16 bits per heavy atom. The molecule has 0 N–H and O–H groups in total. The van der Waals surface area contributed by atoms with Crippen molar-refractivity contribution in [2.24, 2.45) is 22.7 Å². The maximum atomic E-state index is 2.70. The third-order valence-electron chi connectivity index (χ3n) is 11.3. The van der Waals surface area contributed by atoms with Crippen LogP contribution >= 0.6 is 0 Å². The molecule has 0 aliphatic heterocycles. The van der Waals surface area contributed by atoms with E-state index in [1.165, 1.54) is 67.2 Å². The van der Waals surface area contributed by atoms with Crippen molar-refractivity contribution >= 4 is 0 Å². The third kappa shape index (κ3) is 6.37. The maximum absolute atomic E-state index is 2.70. The fourth-order valence-electron chi connectivity index (χ4n) is 8.78. The van der Waals surface area contributed by atoms with Crippen LogP contribution in [0.2, 0.25) is 0 Å². The summed E-state index contributed by atoms with van der Waals surface area (Å²) < 4.78 is 0. The largest absolute Gasteiger partial charge is 2.00 e. The van der Waals surface area contributed by atoms with Crippen molar-refractivity contribution < 1.29 is 51.0 Å². The van der Waals surface area contributed by atoms with Gasteiger partial charge in [0, 0.05) is 11.3 Å². The van der Waals surface area contributed by atoms with Crippen LogP contribution in [0, 0.1) is 22.7 Å². The Balaban J connectivity index is 0.00000169. The molecule has 0 bridgehead atoms. The van der Waals surface area contributed by atoms with Crippen LogP contribution in [0.4, 0.5) is 0 Å². The van der Waals surface area contributed by atoms with Crippen LogP contribution in [0.15, 0.2) is 59.2 Å². The molecular formula is C40H54Cl2Zr. The van der Waals surface area contributed by atoms with Crippen LogP contribution in [0.1, 0.15) is 142 Å². The smallest absolute Gasteiger partial charge is 1.00 e. The predicted molar refractivity (Wildman–Crippen MR) is 173 cm³/mol. The summed E-state index contributed by atoms with van der Waals surface area (Å²) in [4.78, 5) is 0. The number of halogens is 2. The fourth-order valence-corrected chi connectivity index (χ4v) is 8.78. The first-order chi connectivity index (χ1) is 18.6. The summed E-state index contributed by atoms with van der Waals surface area (Å²) in [6.45, 7) is 24.1. The number of rotatable bonds is 2. The van der Waals surface area contributed by atoms with Gasteiger partial charge >= 0.3 is 26.2 Å². The van der Waals surface area contributed by atoms with Crippen molar-refractivity contribution in [3.63, 3.8) is 0 Å². The van der Waals surface area contributed by atoms with Gasteiger partial charge in [-0.2, -0.15) is 0 Å². The van der Waals surface area contributed by atoms with Crippen LogP contribution in [-0.4, -0.2) is 0 Å². The summed E-state index contributed by atoms with van der Waals surface area (Å²) in [5.74, 6) is 2.06. The van der Waals surface area contributed by atoms with E-state index in [1.807, 2.05) is 5.57 Å².